The number of esters is 2. The molecule has 0 aromatic heterocycles. The molecule has 0 radical (unpaired) electrons. The van der Waals surface area contributed by atoms with E-state index in [1.807, 2.05) is 91.0 Å². The zero-order valence-electron chi connectivity index (χ0n) is 21.5. The van der Waals surface area contributed by atoms with Crippen LogP contribution in [0.4, 0.5) is 0 Å². The average Bonchev–Trinajstić information content (AvgIpc) is 3.38. The number of carbonyl (C=O) groups is 2. The average molecular weight is 517 g/mol. The number of benzene rings is 3. The summed E-state index contributed by atoms with van der Waals surface area (Å²) < 4.78 is 19.4. The van der Waals surface area contributed by atoms with E-state index in [4.69, 9.17) is 22.4 Å². The van der Waals surface area contributed by atoms with Gasteiger partial charge in [-0.25, -0.2) is 4.99 Å². The Morgan fingerprint density at radius 2 is 1.41 bits per heavy atom. The minimum Gasteiger partial charge on any atom is -0.444 e. The highest BCUT2D eigenvalue weighted by atomic mass is 35.5. The van der Waals surface area contributed by atoms with Crippen LogP contribution in [-0.4, -0.2) is 29.7 Å². The largest absolute Gasteiger partial charge is 0.444 e. The van der Waals surface area contributed by atoms with Gasteiger partial charge in [0, 0.05) is 29.3 Å². The first kappa shape index (κ1) is 25.0. The van der Waals surface area contributed by atoms with Gasteiger partial charge in [0.2, 0.25) is 6.20 Å². The first-order valence-electron chi connectivity index (χ1n) is 12.9. The number of aliphatic imine (C=N–C) groups is 1. The molecule has 2 unspecified atom stereocenters. The van der Waals surface area contributed by atoms with Crippen LogP contribution in [0.25, 0.3) is 0 Å². The Balaban J connectivity index is 1.39. The smallest absolute Gasteiger partial charge is 0.326 e. The van der Waals surface area contributed by atoms with Crippen LogP contribution >= 0.6 is 11.6 Å². The maximum absolute atomic E-state index is 13.2. The Hall–Kier alpha value is -3.70. The predicted octanol–water partition coefficient (Wildman–Crippen LogP) is 6.59. The summed E-state index contributed by atoms with van der Waals surface area (Å²) in [5, 5.41) is -0.879. The van der Waals surface area contributed by atoms with Crippen molar-refractivity contribution in [2.45, 2.75) is 49.3 Å². The Labute approximate surface area is 224 Å². The molecular weight excluding hydrogens is 486 g/mol. The van der Waals surface area contributed by atoms with Crippen LogP contribution in [0.2, 0.25) is 0 Å². The van der Waals surface area contributed by atoms with Crippen LogP contribution in [0, 0.1) is 0 Å². The summed E-state index contributed by atoms with van der Waals surface area (Å²) in [5.41, 5.74) is 1.50. The zero-order chi connectivity index (χ0) is 26.8. The number of unbranched alkanes of at least 4 members (excludes halogenated alkanes) is 2. The lowest BCUT2D eigenvalue weighted by Gasteiger charge is -2.35. The first-order valence-corrected chi connectivity index (χ1v) is 12.8. The summed E-state index contributed by atoms with van der Waals surface area (Å²) in [6.07, 6.45) is 5.10. The summed E-state index contributed by atoms with van der Waals surface area (Å²) in [7, 11) is 0. The molecule has 0 bridgehead atoms. The molecule has 190 valence electrons. The minimum absolute atomic E-state index is 0.223. The van der Waals surface area contributed by atoms with Crippen molar-refractivity contribution in [2.24, 2.45) is 4.99 Å². The van der Waals surface area contributed by atoms with E-state index in [1.165, 1.54) is 12.3 Å². The fourth-order valence-electron chi connectivity index (χ4n) is 4.32. The van der Waals surface area contributed by atoms with Crippen molar-refractivity contribution < 1.29 is 20.4 Å². The number of halogens is 1. The van der Waals surface area contributed by atoms with Gasteiger partial charge in [-0.2, -0.15) is 0 Å². The number of ether oxygens (including phenoxy) is 2. The second-order valence-corrected chi connectivity index (χ2v) is 9.24. The highest BCUT2D eigenvalue weighted by Gasteiger charge is 2.40. The Morgan fingerprint density at radius 3 is 1.89 bits per heavy atom. The van der Waals surface area contributed by atoms with Crippen LogP contribution in [0.3, 0.4) is 0 Å². The fraction of sp³-hybridized carbons (Fsp3) is 0.258. The summed E-state index contributed by atoms with van der Waals surface area (Å²) in [6.45, 7) is 0. The van der Waals surface area contributed by atoms with Crippen LogP contribution in [-0.2, 0) is 24.7 Å². The number of allylic oxidation sites excluding steroid dienone is 1. The quantitative estimate of drug-likeness (QED) is 0.118. The van der Waals surface area contributed by atoms with Crippen molar-refractivity contribution in [2.75, 3.05) is 0 Å². The van der Waals surface area contributed by atoms with Gasteiger partial charge in [0.1, 0.15) is 6.75 Å². The van der Waals surface area contributed by atoms with Gasteiger partial charge in [-0.05, 0) is 25.0 Å². The van der Waals surface area contributed by atoms with E-state index >= 15 is 0 Å². The van der Waals surface area contributed by atoms with E-state index in [2.05, 4.69) is 4.99 Å². The third-order valence-electron chi connectivity index (χ3n) is 6.13. The number of hydrogen-bond donors (Lipinski definition) is 0. The molecule has 6 heteroatoms. The molecule has 0 amide bonds. The van der Waals surface area contributed by atoms with Crippen molar-refractivity contribution in [1.82, 2.24) is 0 Å². The fourth-order valence-corrected chi connectivity index (χ4v) is 4.52. The lowest BCUT2D eigenvalue weighted by Crippen LogP contribution is -2.35. The molecule has 0 spiro atoms. The van der Waals surface area contributed by atoms with Gasteiger partial charge in [-0.3, -0.25) is 9.59 Å². The molecule has 1 aliphatic heterocycles. The highest BCUT2D eigenvalue weighted by Crippen LogP contribution is 2.40. The first-order chi connectivity index (χ1) is 18.4. The van der Waals surface area contributed by atoms with Gasteiger partial charge in [-0.15, -0.1) is 11.6 Å². The summed E-state index contributed by atoms with van der Waals surface area (Å²) in [5.74, 6) is -0.992. The summed E-state index contributed by atoms with van der Waals surface area (Å²) in [4.78, 5) is 29.2. The maximum Gasteiger partial charge on any atom is 0.326 e. The molecule has 1 aliphatic rings. The third-order valence-corrected chi connectivity index (χ3v) is 6.53. The molecule has 1 heterocycles. The standard InChI is InChI=1S/C31H30ClNO4/c32-27(30(35)36-28-21-13-23-33-28)20-11-4-12-22-29(34)37-31(24-14-5-1-6-15-24,25-16-7-2-8-17-25)26-18-9-3-10-19-26/h1-3,5-10,13-19,21,23,27-28H,4,11-12,20,22H2/i28D. The van der Waals surface area contributed by atoms with Crippen LogP contribution in [0.1, 0.15) is 50.2 Å². The van der Waals surface area contributed by atoms with Gasteiger partial charge < -0.3 is 9.47 Å². The number of nitrogens with zero attached hydrogens (tertiary/aromatic N) is 1. The molecule has 0 aliphatic carbocycles. The number of rotatable bonds is 12. The van der Waals surface area contributed by atoms with Crippen LogP contribution in [0.15, 0.2) is 108 Å². The van der Waals surface area contributed by atoms with E-state index in [9.17, 15) is 9.59 Å². The highest BCUT2D eigenvalue weighted by molar-refractivity contribution is 6.29. The third kappa shape index (κ3) is 6.75. The maximum atomic E-state index is 13.2. The molecule has 2 atom stereocenters. The monoisotopic (exact) mass is 516 g/mol. The van der Waals surface area contributed by atoms with Gasteiger partial charge in [0.05, 0.1) is 0 Å². The molecule has 3 aromatic carbocycles. The second kappa shape index (κ2) is 13.0. The minimum atomic E-state index is -1.73. The summed E-state index contributed by atoms with van der Waals surface area (Å²) >= 11 is 6.18. The second-order valence-electron chi connectivity index (χ2n) is 8.72. The topological polar surface area (TPSA) is 65.0 Å². The zero-order valence-corrected chi connectivity index (χ0v) is 21.2. The van der Waals surface area contributed by atoms with Crippen molar-refractivity contribution in [1.29, 1.82) is 0 Å². The molecule has 3 aromatic rings. The molecule has 0 saturated carbocycles. The van der Waals surface area contributed by atoms with Crippen molar-refractivity contribution >= 4 is 29.8 Å². The van der Waals surface area contributed by atoms with Crippen molar-refractivity contribution in [3.8, 4) is 0 Å². The van der Waals surface area contributed by atoms with Crippen molar-refractivity contribution in [3.05, 3.63) is 120 Å². The predicted molar refractivity (Wildman–Crippen MR) is 146 cm³/mol. The molecule has 0 fully saturated rings. The van der Waals surface area contributed by atoms with Gasteiger partial charge in [-0.1, -0.05) is 104 Å². The number of carbonyl (C=O) groups excluding carboxylic acids is 2. The molecular formula is C31H30ClNO4. The van der Waals surface area contributed by atoms with E-state index in [1.54, 1.807) is 6.08 Å². The lowest BCUT2D eigenvalue weighted by atomic mass is 9.80. The van der Waals surface area contributed by atoms with E-state index in [0.717, 1.165) is 16.7 Å². The van der Waals surface area contributed by atoms with Crippen LogP contribution in [0.5, 0.6) is 0 Å². The van der Waals surface area contributed by atoms with Gasteiger partial charge >= 0.3 is 11.9 Å². The number of alkyl halides is 1. The van der Waals surface area contributed by atoms with Gasteiger partial charge in [0.25, 0.3) is 0 Å². The van der Waals surface area contributed by atoms with E-state index in [-0.39, 0.29) is 12.4 Å². The Bertz CT molecular complexity index is 1160. The normalized spacial score (nSPS) is 17.7. The Morgan fingerprint density at radius 1 is 0.865 bits per heavy atom. The molecule has 0 N–H and O–H groups in total. The van der Waals surface area contributed by atoms with Crippen LogP contribution < -0.4 is 0 Å². The molecule has 0 saturated heterocycles. The molecule has 37 heavy (non-hydrogen) atoms. The molecule has 4 rings (SSSR count). The van der Waals surface area contributed by atoms with Gasteiger partial charge in [0.15, 0.2) is 5.60 Å². The van der Waals surface area contributed by atoms with E-state index < -0.39 is 23.2 Å². The van der Waals surface area contributed by atoms with E-state index in [0.29, 0.717) is 25.7 Å². The number of hydrogen-bond acceptors (Lipinski definition) is 5. The van der Waals surface area contributed by atoms with Crippen molar-refractivity contribution in [3.63, 3.8) is 0 Å². The summed E-state index contributed by atoms with van der Waals surface area (Å²) in [6, 6.07) is 29.3. The Kier molecular flexibility index (Phi) is 8.79. The molecule has 5 nitrogen and oxygen atoms in total. The lowest BCUT2D eigenvalue weighted by molar-refractivity contribution is -0.153. The SMILES string of the molecule is [2H]C1(OC(=O)C(Cl)CCCCCC(=O)OC(c2ccccc2)(c2ccccc2)c2ccccc2)C=CC=N1.